The Kier molecular flexibility index (Phi) is 7.15. The summed E-state index contributed by atoms with van der Waals surface area (Å²) in [6, 6.07) is 8.32. The molecule has 33 heavy (non-hydrogen) atoms. The summed E-state index contributed by atoms with van der Waals surface area (Å²) >= 11 is 0. The molecule has 186 valence electrons. The van der Waals surface area contributed by atoms with E-state index >= 15 is 0 Å². The zero-order chi connectivity index (χ0) is 23.7. The van der Waals surface area contributed by atoms with E-state index in [0.29, 0.717) is 13.2 Å². The van der Waals surface area contributed by atoms with Gasteiger partial charge in [-0.3, -0.25) is 4.84 Å². The summed E-state index contributed by atoms with van der Waals surface area (Å²) in [6.07, 6.45) is 4.74. The van der Waals surface area contributed by atoms with Gasteiger partial charge < -0.3 is 18.9 Å². The fourth-order valence-corrected chi connectivity index (χ4v) is 5.41. The maximum atomic E-state index is 6.57. The van der Waals surface area contributed by atoms with Crippen LogP contribution in [0.4, 0.5) is 0 Å². The van der Waals surface area contributed by atoms with Crippen molar-refractivity contribution in [1.82, 2.24) is 5.06 Å². The second kappa shape index (κ2) is 9.46. The van der Waals surface area contributed by atoms with Crippen molar-refractivity contribution in [3.63, 3.8) is 0 Å². The molecule has 0 amide bonds. The smallest absolute Gasteiger partial charge is 0.172 e. The van der Waals surface area contributed by atoms with Crippen molar-refractivity contribution in [3.8, 4) is 5.75 Å². The Hall–Kier alpha value is -1.18. The number of hydroxylamine groups is 2. The Morgan fingerprint density at radius 1 is 0.970 bits per heavy atom. The van der Waals surface area contributed by atoms with Crippen molar-refractivity contribution in [2.45, 2.75) is 96.6 Å². The summed E-state index contributed by atoms with van der Waals surface area (Å²) in [5, 5.41) is 2.28. The number of hydrogen-bond donors (Lipinski definition) is 0. The maximum absolute atomic E-state index is 6.57. The molecule has 3 aliphatic rings. The van der Waals surface area contributed by atoms with Crippen LogP contribution in [-0.4, -0.2) is 61.1 Å². The van der Waals surface area contributed by atoms with E-state index in [1.165, 1.54) is 5.56 Å². The molecule has 0 N–H and O–H groups in total. The average molecular weight is 462 g/mol. The first-order valence-corrected chi connectivity index (χ1v) is 12.7. The number of nitrogens with zero attached hydrogens (tertiary/aromatic N) is 1. The number of rotatable bonds is 9. The molecule has 3 aliphatic heterocycles. The van der Waals surface area contributed by atoms with E-state index in [2.05, 4.69) is 58.7 Å². The van der Waals surface area contributed by atoms with E-state index in [9.17, 15) is 0 Å². The quantitative estimate of drug-likeness (QED) is 0.475. The van der Waals surface area contributed by atoms with E-state index < -0.39 is 5.79 Å². The Labute approximate surface area is 199 Å². The highest BCUT2D eigenvalue weighted by molar-refractivity contribution is 5.27. The van der Waals surface area contributed by atoms with Crippen molar-refractivity contribution in [2.24, 2.45) is 5.41 Å². The van der Waals surface area contributed by atoms with E-state index in [1.807, 2.05) is 12.1 Å². The van der Waals surface area contributed by atoms with Crippen LogP contribution < -0.4 is 4.74 Å². The molecule has 1 spiro atoms. The monoisotopic (exact) mass is 461 g/mol. The molecule has 6 nitrogen and oxygen atoms in total. The summed E-state index contributed by atoms with van der Waals surface area (Å²) < 4.78 is 23.9. The van der Waals surface area contributed by atoms with Crippen LogP contribution in [0.5, 0.6) is 5.75 Å². The summed E-state index contributed by atoms with van der Waals surface area (Å²) in [4.78, 5) is 6.57. The highest BCUT2D eigenvalue weighted by atomic mass is 16.7. The van der Waals surface area contributed by atoms with E-state index in [1.54, 1.807) is 0 Å². The molecular formula is C27H43NO5. The minimum absolute atomic E-state index is 0.0659. The molecule has 0 radical (unpaired) electrons. The molecule has 0 saturated carbocycles. The van der Waals surface area contributed by atoms with E-state index in [-0.39, 0.29) is 22.6 Å². The largest absolute Gasteiger partial charge is 0.491 e. The van der Waals surface area contributed by atoms with Gasteiger partial charge in [0, 0.05) is 23.8 Å². The van der Waals surface area contributed by atoms with E-state index in [4.69, 9.17) is 23.8 Å². The van der Waals surface area contributed by atoms with Crippen molar-refractivity contribution in [2.75, 3.05) is 33.0 Å². The lowest BCUT2D eigenvalue weighted by Gasteiger charge is -2.61. The van der Waals surface area contributed by atoms with Crippen LogP contribution in [0, 0.1) is 5.41 Å². The van der Waals surface area contributed by atoms with Gasteiger partial charge in [0.2, 0.25) is 0 Å². The second-order valence-electron chi connectivity index (χ2n) is 11.5. The van der Waals surface area contributed by atoms with Crippen LogP contribution in [0.2, 0.25) is 0 Å². The molecule has 0 aliphatic carbocycles. The van der Waals surface area contributed by atoms with Gasteiger partial charge in [-0.25, -0.2) is 0 Å². The Morgan fingerprint density at radius 2 is 1.61 bits per heavy atom. The molecule has 1 aromatic rings. The third-order valence-electron chi connectivity index (χ3n) is 7.42. The third kappa shape index (κ3) is 5.73. The predicted molar refractivity (Wildman–Crippen MR) is 128 cm³/mol. The van der Waals surface area contributed by atoms with Crippen molar-refractivity contribution in [3.05, 3.63) is 29.8 Å². The fourth-order valence-electron chi connectivity index (χ4n) is 5.41. The first-order valence-electron chi connectivity index (χ1n) is 12.7. The summed E-state index contributed by atoms with van der Waals surface area (Å²) in [6.45, 7) is 17.0. The lowest BCUT2D eigenvalue weighted by Crippen LogP contribution is -2.69. The van der Waals surface area contributed by atoms with Gasteiger partial charge in [0.25, 0.3) is 0 Å². The maximum Gasteiger partial charge on any atom is 0.172 e. The molecule has 6 heteroatoms. The minimum atomic E-state index is -0.522. The Morgan fingerprint density at radius 3 is 2.18 bits per heavy atom. The topological polar surface area (TPSA) is 52.7 Å². The van der Waals surface area contributed by atoms with Gasteiger partial charge in [0.05, 0.1) is 32.0 Å². The molecule has 1 atom stereocenters. The van der Waals surface area contributed by atoms with Gasteiger partial charge in [0.15, 0.2) is 5.79 Å². The number of epoxide rings is 1. The number of benzene rings is 1. The summed E-state index contributed by atoms with van der Waals surface area (Å²) in [7, 11) is 0. The van der Waals surface area contributed by atoms with Crippen molar-refractivity contribution < 1.29 is 23.8 Å². The number of piperidine rings is 1. The third-order valence-corrected chi connectivity index (χ3v) is 7.42. The molecule has 1 unspecified atom stereocenters. The first-order chi connectivity index (χ1) is 15.6. The van der Waals surface area contributed by atoms with Crippen LogP contribution in [-0.2, 0) is 25.5 Å². The fraction of sp³-hybridized carbons (Fsp3) is 0.778. The zero-order valence-corrected chi connectivity index (χ0v) is 21.4. The highest BCUT2D eigenvalue weighted by Gasteiger charge is 2.58. The second-order valence-corrected chi connectivity index (χ2v) is 11.5. The first kappa shape index (κ1) is 24.9. The Bertz CT molecular complexity index is 772. The normalized spacial score (nSPS) is 27.4. The van der Waals surface area contributed by atoms with Crippen LogP contribution in [0.3, 0.4) is 0 Å². The highest BCUT2D eigenvalue weighted by Crippen LogP contribution is 2.51. The summed E-state index contributed by atoms with van der Waals surface area (Å²) in [5.74, 6) is 0.371. The molecule has 3 heterocycles. The van der Waals surface area contributed by atoms with Crippen molar-refractivity contribution in [1.29, 1.82) is 0 Å². The van der Waals surface area contributed by atoms with Gasteiger partial charge in [-0.05, 0) is 50.8 Å². The van der Waals surface area contributed by atoms with Gasteiger partial charge in [-0.15, -0.1) is 0 Å². The van der Waals surface area contributed by atoms with Crippen molar-refractivity contribution >= 4 is 0 Å². The van der Waals surface area contributed by atoms with Gasteiger partial charge in [-0.2, -0.15) is 5.06 Å². The summed E-state index contributed by atoms with van der Waals surface area (Å²) in [5.41, 5.74) is 0.993. The molecular weight excluding hydrogens is 418 g/mol. The predicted octanol–water partition coefficient (Wildman–Crippen LogP) is 5.14. The molecule has 4 rings (SSSR count). The average Bonchev–Trinajstić information content (AvgIpc) is 3.61. The molecule has 3 saturated heterocycles. The van der Waals surface area contributed by atoms with E-state index in [0.717, 1.165) is 57.7 Å². The molecule has 0 bridgehead atoms. The van der Waals surface area contributed by atoms with Crippen LogP contribution in [0.1, 0.15) is 72.8 Å². The van der Waals surface area contributed by atoms with Crippen LogP contribution in [0.25, 0.3) is 0 Å². The SMILES string of the molecule is CCC1(CC)CC2(CC(C)(C)N1OCCc1ccc(OCC3CO3)cc1)OCC(C)(C)CO2. The zero-order valence-electron chi connectivity index (χ0n) is 21.4. The molecule has 0 aromatic heterocycles. The van der Waals surface area contributed by atoms with Crippen LogP contribution >= 0.6 is 0 Å². The molecule has 3 fully saturated rings. The minimum Gasteiger partial charge on any atom is -0.491 e. The lowest BCUT2D eigenvalue weighted by atomic mass is 9.73. The van der Waals surface area contributed by atoms with Crippen LogP contribution in [0.15, 0.2) is 24.3 Å². The lowest BCUT2D eigenvalue weighted by molar-refractivity contribution is -0.385. The van der Waals surface area contributed by atoms with Gasteiger partial charge >= 0.3 is 0 Å². The molecule has 1 aromatic carbocycles. The number of hydrogen-bond acceptors (Lipinski definition) is 6. The Balaban J connectivity index is 1.38. The standard InChI is InChI=1S/C27H43NO5/c1-7-26(8-2)18-27(31-19-24(3,4)20-32-27)17-25(5,6)28(26)33-14-13-21-9-11-22(12-10-21)29-15-23-16-30-23/h9-12,23H,7-8,13-20H2,1-6H3. The van der Waals surface area contributed by atoms with Gasteiger partial charge in [-0.1, -0.05) is 39.8 Å². The van der Waals surface area contributed by atoms with Gasteiger partial charge in [0.1, 0.15) is 18.5 Å². The number of ether oxygens (including phenoxy) is 4.